The molecule has 0 spiro atoms. The van der Waals surface area contributed by atoms with Crippen LogP contribution in [0.5, 0.6) is 5.75 Å². The number of nitrogens with zero attached hydrogens (tertiary/aromatic N) is 2. The molecule has 0 unspecified atom stereocenters. The van der Waals surface area contributed by atoms with Gasteiger partial charge in [-0.05, 0) is 73.5 Å². The number of rotatable bonds is 7. The fourth-order valence-electron chi connectivity index (χ4n) is 6.06. The maximum Gasteiger partial charge on any atom is 0.308 e. The molecular weight excluding hydrogens is 495 g/mol. The maximum absolute atomic E-state index is 13.3. The van der Waals surface area contributed by atoms with Crippen molar-refractivity contribution in [3.05, 3.63) is 76.3 Å². The summed E-state index contributed by atoms with van der Waals surface area (Å²) in [5.41, 5.74) is 1.96. The van der Waals surface area contributed by atoms with Crippen molar-refractivity contribution in [2.24, 2.45) is 5.92 Å². The molecule has 1 aliphatic heterocycles. The van der Waals surface area contributed by atoms with Crippen molar-refractivity contribution in [2.45, 2.75) is 50.5 Å². The van der Waals surface area contributed by atoms with Gasteiger partial charge in [-0.3, -0.25) is 14.5 Å². The maximum atomic E-state index is 13.3. The minimum atomic E-state index is -0.323. The Morgan fingerprint density at radius 3 is 2.72 bits per heavy atom. The molecule has 1 heterocycles. The Hall–Kier alpha value is -2.34. The van der Waals surface area contributed by atoms with Crippen LogP contribution in [0.4, 0.5) is 0 Å². The molecule has 1 aliphatic carbocycles. The number of carbonyl (C=O) groups excluding carboxylic acids is 2. The van der Waals surface area contributed by atoms with Crippen LogP contribution in [0.3, 0.4) is 0 Å². The monoisotopic (exact) mass is 528 g/mol. The third kappa shape index (κ3) is 5.80. The van der Waals surface area contributed by atoms with Crippen molar-refractivity contribution in [3.63, 3.8) is 0 Å². The molecule has 4 rings (SSSR count). The van der Waals surface area contributed by atoms with Crippen LogP contribution in [0.1, 0.15) is 43.7 Å². The van der Waals surface area contributed by atoms with Crippen molar-refractivity contribution in [2.75, 3.05) is 26.7 Å². The normalized spacial score (nSPS) is 24.0. The number of likely N-dealkylation sites (N-methyl/N-ethyl adjacent to an activating group) is 1. The van der Waals surface area contributed by atoms with Crippen LogP contribution in [0.15, 0.2) is 55.1 Å². The van der Waals surface area contributed by atoms with E-state index in [0.29, 0.717) is 21.7 Å². The summed E-state index contributed by atoms with van der Waals surface area (Å²) in [7, 11) is 1.92. The predicted octanol–water partition coefficient (Wildman–Crippen LogP) is 5.92. The van der Waals surface area contributed by atoms with Gasteiger partial charge in [0.15, 0.2) is 0 Å². The Balaban J connectivity index is 1.58. The first-order chi connectivity index (χ1) is 17.2. The van der Waals surface area contributed by atoms with E-state index in [0.717, 1.165) is 50.9 Å². The summed E-state index contributed by atoms with van der Waals surface area (Å²) >= 11 is 12.2. The smallest absolute Gasteiger partial charge is 0.308 e. The van der Waals surface area contributed by atoms with Gasteiger partial charge in [0.05, 0.1) is 16.5 Å². The van der Waals surface area contributed by atoms with Crippen LogP contribution in [-0.2, 0) is 21.4 Å². The number of hydrogen-bond donors (Lipinski definition) is 0. The molecule has 1 amide bonds. The zero-order valence-corrected chi connectivity index (χ0v) is 22.5. The molecular formula is C29H34Cl2N2O3. The number of carbonyl (C=O) groups is 2. The molecule has 0 bridgehead atoms. The zero-order chi connectivity index (χ0) is 25.9. The Kier molecular flexibility index (Phi) is 8.44. The highest BCUT2D eigenvalue weighted by atomic mass is 35.5. The summed E-state index contributed by atoms with van der Waals surface area (Å²) in [5.74, 6) is 0.780. The van der Waals surface area contributed by atoms with Gasteiger partial charge in [-0.25, -0.2) is 0 Å². The molecule has 2 fully saturated rings. The van der Waals surface area contributed by atoms with E-state index in [1.165, 1.54) is 12.5 Å². The van der Waals surface area contributed by atoms with Gasteiger partial charge in [0, 0.05) is 38.5 Å². The second-order valence-corrected chi connectivity index (χ2v) is 11.0. The fraction of sp³-hybridized carbons (Fsp3) is 0.448. The molecule has 5 nitrogen and oxygen atoms in total. The quantitative estimate of drug-likeness (QED) is 0.254. The van der Waals surface area contributed by atoms with E-state index in [2.05, 4.69) is 17.5 Å². The lowest BCUT2D eigenvalue weighted by molar-refractivity contribution is -0.133. The highest BCUT2D eigenvalue weighted by Gasteiger charge is 2.49. The van der Waals surface area contributed by atoms with Crippen LogP contribution in [-0.4, -0.2) is 54.4 Å². The minimum Gasteiger partial charge on any atom is -0.427 e. The van der Waals surface area contributed by atoms with Gasteiger partial charge in [0.25, 0.3) is 0 Å². The highest BCUT2D eigenvalue weighted by molar-refractivity contribution is 6.42. The molecule has 36 heavy (non-hydrogen) atoms. The molecule has 0 aromatic heterocycles. The Morgan fingerprint density at radius 1 is 1.19 bits per heavy atom. The van der Waals surface area contributed by atoms with Crippen LogP contribution in [0.2, 0.25) is 10.0 Å². The number of fused-ring (bicyclic) bond motifs is 1. The van der Waals surface area contributed by atoms with E-state index in [-0.39, 0.29) is 29.8 Å². The van der Waals surface area contributed by atoms with Gasteiger partial charge in [-0.15, -0.1) is 6.58 Å². The van der Waals surface area contributed by atoms with Gasteiger partial charge in [0.1, 0.15) is 5.75 Å². The van der Waals surface area contributed by atoms with Crippen LogP contribution >= 0.6 is 23.2 Å². The molecule has 192 valence electrons. The van der Waals surface area contributed by atoms with Crippen molar-refractivity contribution in [3.8, 4) is 5.75 Å². The third-order valence-corrected chi connectivity index (χ3v) is 8.66. The summed E-state index contributed by atoms with van der Waals surface area (Å²) in [4.78, 5) is 29.3. The minimum absolute atomic E-state index is 0.0738. The molecule has 2 aliphatic rings. The SMILES string of the molecule is C=CCN1CC[C@@]2(c3cccc(OC(C)=O)c3)C[C@H](N(C)C(=O)Cc3ccc(Cl)c(Cl)c3)CC[C@@H]2C1. The lowest BCUT2D eigenvalue weighted by Crippen LogP contribution is -2.56. The third-order valence-electron chi connectivity index (χ3n) is 7.92. The average Bonchev–Trinajstić information content (AvgIpc) is 2.85. The van der Waals surface area contributed by atoms with Crippen molar-refractivity contribution >= 4 is 35.1 Å². The second kappa shape index (κ2) is 11.4. The molecule has 1 saturated heterocycles. The first-order valence-corrected chi connectivity index (χ1v) is 13.3. The molecule has 3 atom stereocenters. The van der Waals surface area contributed by atoms with Gasteiger partial charge >= 0.3 is 5.97 Å². The zero-order valence-electron chi connectivity index (χ0n) is 21.0. The standard InChI is InChI=1S/C29H34Cl2N2O3/c1-4-13-33-14-12-29(22-6-5-7-25(17-22)36-20(2)34)18-24(10-9-23(29)19-33)32(3)28(35)16-21-8-11-26(30)27(31)15-21/h4-8,11,15,17,23-24H,1,9-10,12-14,16,18-19H2,2-3H3/t23-,24-,29+/m1/s1. The fourth-order valence-corrected chi connectivity index (χ4v) is 6.38. The number of likely N-dealkylation sites (tertiary alicyclic amines) is 1. The Bertz CT molecular complexity index is 1140. The van der Waals surface area contributed by atoms with Crippen molar-refractivity contribution in [1.82, 2.24) is 9.80 Å². The Morgan fingerprint density at radius 2 is 2.00 bits per heavy atom. The molecule has 0 radical (unpaired) electrons. The van der Waals surface area contributed by atoms with Gasteiger partial charge < -0.3 is 9.64 Å². The second-order valence-electron chi connectivity index (χ2n) is 10.1. The topological polar surface area (TPSA) is 49.9 Å². The highest BCUT2D eigenvalue weighted by Crippen LogP contribution is 2.50. The van der Waals surface area contributed by atoms with Crippen LogP contribution in [0, 0.1) is 5.92 Å². The predicted molar refractivity (Wildman–Crippen MR) is 145 cm³/mol. The number of benzene rings is 2. The first kappa shape index (κ1) is 26.7. The number of piperidine rings is 1. The van der Waals surface area contributed by atoms with Crippen LogP contribution in [0.25, 0.3) is 0 Å². The average molecular weight is 530 g/mol. The number of esters is 1. The summed E-state index contributed by atoms with van der Waals surface area (Å²) in [6.45, 7) is 8.19. The largest absolute Gasteiger partial charge is 0.427 e. The Labute approximate surface area is 224 Å². The first-order valence-electron chi connectivity index (χ1n) is 12.5. The number of amides is 1. The molecule has 0 N–H and O–H groups in total. The lowest BCUT2D eigenvalue weighted by Gasteiger charge is -2.54. The number of ether oxygens (including phenoxy) is 1. The van der Waals surface area contributed by atoms with Gasteiger partial charge in [0.2, 0.25) is 5.91 Å². The van der Waals surface area contributed by atoms with Gasteiger partial charge in [-0.2, -0.15) is 0 Å². The van der Waals surface area contributed by atoms with E-state index in [9.17, 15) is 9.59 Å². The molecule has 1 saturated carbocycles. The summed E-state index contributed by atoms with van der Waals surface area (Å²) in [5, 5.41) is 0.947. The summed E-state index contributed by atoms with van der Waals surface area (Å²) < 4.78 is 5.43. The molecule has 2 aromatic carbocycles. The van der Waals surface area contributed by atoms with Crippen molar-refractivity contribution in [1.29, 1.82) is 0 Å². The summed E-state index contributed by atoms with van der Waals surface area (Å²) in [6, 6.07) is 13.5. The lowest BCUT2D eigenvalue weighted by atomic mass is 9.57. The summed E-state index contributed by atoms with van der Waals surface area (Å²) in [6.07, 6.45) is 6.11. The molecule has 2 aromatic rings. The number of hydrogen-bond acceptors (Lipinski definition) is 4. The van der Waals surface area contributed by atoms with Crippen LogP contribution < -0.4 is 4.74 Å². The van der Waals surface area contributed by atoms with E-state index >= 15 is 0 Å². The molecule has 7 heteroatoms. The van der Waals surface area contributed by atoms with E-state index < -0.39 is 0 Å². The van der Waals surface area contributed by atoms with Crippen molar-refractivity contribution < 1.29 is 14.3 Å². The van der Waals surface area contributed by atoms with E-state index in [4.69, 9.17) is 27.9 Å². The van der Waals surface area contributed by atoms with E-state index in [1.807, 2.05) is 42.3 Å². The van der Waals surface area contributed by atoms with Gasteiger partial charge in [-0.1, -0.05) is 47.5 Å². The van der Waals surface area contributed by atoms with E-state index in [1.54, 1.807) is 12.1 Å². The number of halogens is 2.